The fourth-order valence-electron chi connectivity index (χ4n) is 1.10. The molecule has 0 spiro atoms. The minimum Gasteiger partial charge on any atom is -0.387 e. The standard InChI is InChI=1S/C10H10F4N2S/c11-7-3-1-2-4-8(7)17-5-6(9(15)16)10(12,13)14/h1-4,6H,5H2,(H3,15,16). The van der Waals surface area contributed by atoms with Crippen molar-refractivity contribution in [3.8, 4) is 0 Å². The van der Waals surface area contributed by atoms with E-state index in [4.69, 9.17) is 11.1 Å². The van der Waals surface area contributed by atoms with Crippen LogP contribution in [0.2, 0.25) is 0 Å². The Kier molecular flexibility index (Phi) is 4.39. The number of rotatable bonds is 4. The molecular weight excluding hydrogens is 256 g/mol. The Balaban J connectivity index is 2.72. The van der Waals surface area contributed by atoms with Crippen LogP contribution in [0.25, 0.3) is 0 Å². The lowest BCUT2D eigenvalue weighted by Crippen LogP contribution is -2.37. The van der Waals surface area contributed by atoms with Crippen molar-refractivity contribution in [2.24, 2.45) is 11.7 Å². The maximum Gasteiger partial charge on any atom is 0.399 e. The third-order valence-electron chi connectivity index (χ3n) is 2.01. The van der Waals surface area contributed by atoms with Gasteiger partial charge in [0.05, 0.1) is 0 Å². The van der Waals surface area contributed by atoms with Crippen molar-refractivity contribution < 1.29 is 17.6 Å². The molecule has 1 aromatic carbocycles. The smallest absolute Gasteiger partial charge is 0.387 e. The molecular formula is C10H10F4N2S. The second-order valence-corrected chi connectivity index (χ2v) is 4.35. The molecule has 0 heterocycles. The van der Waals surface area contributed by atoms with Gasteiger partial charge in [-0.15, -0.1) is 11.8 Å². The fourth-order valence-corrected chi connectivity index (χ4v) is 2.19. The van der Waals surface area contributed by atoms with E-state index in [0.29, 0.717) is 11.8 Å². The van der Waals surface area contributed by atoms with E-state index in [0.717, 1.165) is 0 Å². The molecule has 1 atom stereocenters. The SMILES string of the molecule is N=C(N)C(CSc1ccccc1F)C(F)(F)F. The molecule has 17 heavy (non-hydrogen) atoms. The summed E-state index contributed by atoms with van der Waals surface area (Å²) in [6.45, 7) is 0. The van der Waals surface area contributed by atoms with E-state index >= 15 is 0 Å². The van der Waals surface area contributed by atoms with Crippen molar-refractivity contribution in [2.45, 2.75) is 11.1 Å². The molecule has 0 fully saturated rings. The van der Waals surface area contributed by atoms with Crippen molar-refractivity contribution in [1.82, 2.24) is 0 Å². The highest BCUT2D eigenvalue weighted by molar-refractivity contribution is 7.99. The van der Waals surface area contributed by atoms with Crippen LogP contribution >= 0.6 is 11.8 Å². The maximum atomic E-state index is 13.2. The predicted octanol–water partition coefficient (Wildman–Crippen LogP) is 3.03. The molecule has 7 heteroatoms. The second kappa shape index (κ2) is 5.39. The zero-order valence-electron chi connectivity index (χ0n) is 8.59. The van der Waals surface area contributed by atoms with Gasteiger partial charge in [-0.2, -0.15) is 13.2 Å². The number of alkyl halides is 3. The summed E-state index contributed by atoms with van der Waals surface area (Å²) in [5, 5.41) is 6.88. The lowest BCUT2D eigenvalue weighted by molar-refractivity contribution is -0.150. The number of hydrogen-bond acceptors (Lipinski definition) is 2. The Bertz CT molecular complexity index is 406. The number of benzene rings is 1. The van der Waals surface area contributed by atoms with Crippen molar-refractivity contribution in [3.05, 3.63) is 30.1 Å². The van der Waals surface area contributed by atoms with E-state index in [9.17, 15) is 17.6 Å². The number of thioether (sulfide) groups is 1. The number of nitrogens with one attached hydrogen (secondary N) is 1. The zero-order valence-corrected chi connectivity index (χ0v) is 9.41. The van der Waals surface area contributed by atoms with Gasteiger partial charge in [0.15, 0.2) is 0 Å². The van der Waals surface area contributed by atoms with Crippen molar-refractivity contribution >= 4 is 17.6 Å². The first-order chi connectivity index (χ1) is 7.82. The van der Waals surface area contributed by atoms with Crippen LogP contribution in [0.5, 0.6) is 0 Å². The number of amidine groups is 1. The highest BCUT2D eigenvalue weighted by Gasteiger charge is 2.41. The van der Waals surface area contributed by atoms with E-state index < -0.39 is 29.5 Å². The average Bonchev–Trinajstić information content (AvgIpc) is 2.18. The Hall–Kier alpha value is -1.24. The summed E-state index contributed by atoms with van der Waals surface area (Å²) in [4.78, 5) is 0.114. The van der Waals surface area contributed by atoms with Crippen LogP contribution in [0.3, 0.4) is 0 Å². The molecule has 0 aliphatic rings. The van der Waals surface area contributed by atoms with Gasteiger partial charge in [0.1, 0.15) is 17.6 Å². The highest BCUT2D eigenvalue weighted by Crippen LogP contribution is 2.32. The van der Waals surface area contributed by atoms with Crippen molar-refractivity contribution in [2.75, 3.05) is 5.75 Å². The summed E-state index contributed by atoms with van der Waals surface area (Å²) in [5.41, 5.74) is 4.88. The maximum absolute atomic E-state index is 13.2. The first kappa shape index (κ1) is 13.8. The number of halogens is 4. The molecule has 1 aromatic rings. The van der Waals surface area contributed by atoms with E-state index in [1.54, 1.807) is 0 Å². The van der Waals surface area contributed by atoms with E-state index in [2.05, 4.69) is 0 Å². The van der Waals surface area contributed by atoms with Gasteiger partial charge in [0, 0.05) is 10.6 Å². The van der Waals surface area contributed by atoms with Crippen molar-refractivity contribution in [3.63, 3.8) is 0 Å². The van der Waals surface area contributed by atoms with Crippen LogP contribution in [0, 0.1) is 17.1 Å². The monoisotopic (exact) mass is 266 g/mol. The average molecular weight is 266 g/mol. The summed E-state index contributed by atoms with van der Waals surface area (Å²) in [7, 11) is 0. The Morgan fingerprint density at radius 2 is 1.94 bits per heavy atom. The Morgan fingerprint density at radius 1 is 1.35 bits per heavy atom. The van der Waals surface area contributed by atoms with Gasteiger partial charge in [-0.05, 0) is 12.1 Å². The molecule has 0 aliphatic heterocycles. The minimum absolute atomic E-state index is 0.114. The van der Waals surface area contributed by atoms with E-state index in [1.165, 1.54) is 24.3 Å². The first-order valence-corrected chi connectivity index (χ1v) is 5.59. The molecule has 1 rings (SSSR count). The Morgan fingerprint density at radius 3 is 2.41 bits per heavy atom. The molecule has 0 aliphatic carbocycles. The minimum atomic E-state index is -4.58. The molecule has 0 saturated heterocycles. The van der Waals surface area contributed by atoms with Gasteiger partial charge < -0.3 is 5.73 Å². The third kappa shape index (κ3) is 3.92. The summed E-state index contributed by atoms with van der Waals surface area (Å²) in [6, 6.07) is 5.53. The van der Waals surface area contributed by atoms with Gasteiger partial charge in [-0.25, -0.2) is 4.39 Å². The van der Waals surface area contributed by atoms with E-state index in [1.807, 2.05) is 0 Å². The molecule has 94 valence electrons. The van der Waals surface area contributed by atoms with Crippen LogP contribution in [0.1, 0.15) is 0 Å². The molecule has 1 unspecified atom stereocenters. The van der Waals surface area contributed by atoms with E-state index in [-0.39, 0.29) is 4.90 Å². The highest BCUT2D eigenvalue weighted by atomic mass is 32.2. The van der Waals surface area contributed by atoms with Crippen LogP contribution < -0.4 is 5.73 Å². The molecule has 0 saturated carbocycles. The fraction of sp³-hybridized carbons (Fsp3) is 0.300. The topological polar surface area (TPSA) is 49.9 Å². The molecule has 0 bridgehead atoms. The summed E-state index contributed by atoms with van der Waals surface area (Å²) >= 11 is 0.695. The third-order valence-corrected chi connectivity index (χ3v) is 3.15. The van der Waals surface area contributed by atoms with Crippen molar-refractivity contribution in [1.29, 1.82) is 5.41 Å². The van der Waals surface area contributed by atoms with Crippen LogP contribution in [-0.4, -0.2) is 17.8 Å². The van der Waals surface area contributed by atoms with Gasteiger partial charge in [0.2, 0.25) is 0 Å². The van der Waals surface area contributed by atoms with Crippen LogP contribution in [0.15, 0.2) is 29.2 Å². The van der Waals surface area contributed by atoms with Gasteiger partial charge in [-0.1, -0.05) is 12.1 Å². The molecule has 0 radical (unpaired) electrons. The predicted molar refractivity (Wildman–Crippen MR) is 58.6 cm³/mol. The van der Waals surface area contributed by atoms with Crippen LogP contribution in [0.4, 0.5) is 17.6 Å². The summed E-state index contributed by atoms with van der Waals surface area (Å²) in [5.74, 6) is -4.09. The van der Waals surface area contributed by atoms with Gasteiger partial charge in [0.25, 0.3) is 0 Å². The van der Waals surface area contributed by atoms with Gasteiger partial charge >= 0.3 is 6.18 Å². The normalized spacial score (nSPS) is 13.4. The Labute approximate surface area is 99.7 Å². The lowest BCUT2D eigenvalue weighted by Gasteiger charge is -2.18. The quantitative estimate of drug-likeness (QED) is 0.381. The zero-order chi connectivity index (χ0) is 13.1. The molecule has 0 amide bonds. The lowest BCUT2D eigenvalue weighted by atomic mass is 10.1. The van der Waals surface area contributed by atoms with Crippen LogP contribution in [-0.2, 0) is 0 Å². The largest absolute Gasteiger partial charge is 0.399 e. The number of hydrogen-bond donors (Lipinski definition) is 2. The summed E-state index contributed by atoms with van der Waals surface area (Å²) in [6.07, 6.45) is -4.58. The van der Waals surface area contributed by atoms with Gasteiger partial charge in [-0.3, -0.25) is 5.41 Å². The molecule has 2 nitrogen and oxygen atoms in total. The molecule has 3 N–H and O–H groups in total. The first-order valence-electron chi connectivity index (χ1n) is 4.60. The molecule has 0 aromatic heterocycles. The summed E-state index contributed by atoms with van der Waals surface area (Å²) < 4.78 is 50.5. The number of nitrogens with two attached hydrogens (primary N) is 1. The second-order valence-electron chi connectivity index (χ2n) is 3.29.